The zero-order valence-corrected chi connectivity index (χ0v) is 12.6. The standard InChI is InChI=1S/C18H22O2/c1-5-7-13(3)17(14(4)8-6-2)15-9-11-16(12-10-15)18(19)20/h5,7-12H,6H2,1-4H3,(H,19,20). The molecule has 0 spiro atoms. The molecule has 0 aliphatic heterocycles. The van der Waals surface area contributed by atoms with Crippen LogP contribution in [-0.4, -0.2) is 11.1 Å². The average Bonchev–Trinajstić information content (AvgIpc) is 2.40. The largest absolute Gasteiger partial charge is 0.478 e. The Balaban J connectivity index is 3.35. The van der Waals surface area contributed by atoms with E-state index in [1.54, 1.807) is 12.1 Å². The van der Waals surface area contributed by atoms with Gasteiger partial charge in [-0.25, -0.2) is 4.79 Å². The van der Waals surface area contributed by atoms with Crippen molar-refractivity contribution in [3.63, 3.8) is 0 Å². The Kier molecular flexibility index (Phi) is 5.98. The number of carboxylic acid groups (broad SMARTS) is 1. The molecule has 2 heteroatoms. The topological polar surface area (TPSA) is 37.3 Å². The predicted octanol–water partition coefficient (Wildman–Crippen LogP) is 5.09. The van der Waals surface area contributed by atoms with E-state index in [-0.39, 0.29) is 0 Å². The van der Waals surface area contributed by atoms with Crippen molar-refractivity contribution in [2.45, 2.75) is 34.1 Å². The SMILES string of the molecule is CC=CC(C)=C(C(C)=CCC)c1ccc(C(=O)O)cc1. The Bertz CT molecular complexity index is 558. The molecule has 1 rings (SSSR count). The van der Waals surface area contributed by atoms with Crippen molar-refractivity contribution >= 4 is 11.5 Å². The summed E-state index contributed by atoms with van der Waals surface area (Å²) in [7, 11) is 0. The van der Waals surface area contributed by atoms with Gasteiger partial charge in [0.25, 0.3) is 0 Å². The summed E-state index contributed by atoms with van der Waals surface area (Å²) in [5.74, 6) is -0.895. The summed E-state index contributed by atoms with van der Waals surface area (Å²) < 4.78 is 0. The highest BCUT2D eigenvalue weighted by atomic mass is 16.4. The first-order chi connectivity index (χ1) is 9.51. The van der Waals surface area contributed by atoms with Crippen molar-refractivity contribution in [1.29, 1.82) is 0 Å². The smallest absolute Gasteiger partial charge is 0.335 e. The summed E-state index contributed by atoms with van der Waals surface area (Å²) in [4.78, 5) is 10.9. The summed E-state index contributed by atoms with van der Waals surface area (Å²) in [6, 6.07) is 7.05. The highest BCUT2D eigenvalue weighted by molar-refractivity contribution is 5.89. The molecule has 1 aromatic carbocycles. The van der Waals surface area contributed by atoms with E-state index >= 15 is 0 Å². The van der Waals surface area contributed by atoms with E-state index in [2.05, 4.69) is 32.9 Å². The van der Waals surface area contributed by atoms with Gasteiger partial charge in [0.1, 0.15) is 0 Å². The number of carboxylic acids is 1. The van der Waals surface area contributed by atoms with Crippen molar-refractivity contribution < 1.29 is 9.90 Å². The molecule has 1 N–H and O–H groups in total. The highest BCUT2D eigenvalue weighted by Crippen LogP contribution is 2.28. The van der Waals surface area contributed by atoms with Crippen molar-refractivity contribution in [3.8, 4) is 0 Å². The minimum atomic E-state index is -0.895. The van der Waals surface area contributed by atoms with Crippen molar-refractivity contribution in [1.82, 2.24) is 0 Å². The van der Waals surface area contributed by atoms with Crippen molar-refractivity contribution in [2.75, 3.05) is 0 Å². The Morgan fingerprint density at radius 3 is 2.15 bits per heavy atom. The third kappa shape index (κ3) is 3.95. The maximum absolute atomic E-state index is 10.9. The lowest BCUT2D eigenvalue weighted by Crippen LogP contribution is -1.97. The Labute approximate surface area is 121 Å². The molecule has 0 amide bonds. The van der Waals surface area contributed by atoms with Crippen LogP contribution in [0.2, 0.25) is 0 Å². The van der Waals surface area contributed by atoms with E-state index < -0.39 is 5.97 Å². The first kappa shape index (κ1) is 16.0. The van der Waals surface area contributed by atoms with Gasteiger partial charge < -0.3 is 5.11 Å². The van der Waals surface area contributed by atoms with Gasteiger partial charge in [-0.05, 0) is 61.6 Å². The second kappa shape index (κ2) is 7.49. The molecule has 0 aromatic heterocycles. The molecule has 106 valence electrons. The van der Waals surface area contributed by atoms with Crippen LogP contribution >= 0.6 is 0 Å². The van der Waals surface area contributed by atoms with Crippen LogP contribution in [0.25, 0.3) is 5.57 Å². The fourth-order valence-corrected chi connectivity index (χ4v) is 2.29. The average molecular weight is 270 g/mol. The molecule has 2 nitrogen and oxygen atoms in total. The van der Waals surface area contributed by atoms with Crippen molar-refractivity contribution in [2.24, 2.45) is 0 Å². The molecule has 1 aromatic rings. The molecule has 0 saturated carbocycles. The van der Waals surface area contributed by atoms with Crippen molar-refractivity contribution in [3.05, 3.63) is 64.8 Å². The van der Waals surface area contributed by atoms with E-state index in [1.165, 1.54) is 16.7 Å². The van der Waals surface area contributed by atoms with Gasteiger partial charge in [-0.2, -0.15) is 0 Å². The Hall–Kier alpha value is -2.09. The predicted molar refractivity (Wildman–Crippen MR) is 84.9 cm³/mol. The fourth-order valence-electron chi connectivity index (χ4n) is 2.29. The highest BCUT2D eigenvalue weighted by Gasteiger charge is 2.08. The van der Waals surface area contributed by atoms with Gasteiger partial charge in [-0.1, -0.05) is 37.3 Å². The van der Waals surface area contributed by atoms with Gasteiger partial charge in [0.15, 0.2) is 0 Å². The van der Waals surface area contributed by atoms with Gasteiger partial charge in [-0.15, -0.1) is 0 Å². The molecule has 0 saturated heterocycles. The van der Waals surface area contributed by atoms with Crippen LogP contribution in [0.1, 0.15) is 50.0 Å². The van der Waals surface area contributed by atoms with Crippen LogP contribution in [0.15, 0.2) is 53.6 Å². The van der Waals surface area contributed by atoms with Crippen LogP contribution in [0.4, 0.5) is 0 Å². The number of benzene rings is 1. The Morgan fingerprint density at radius 1 is 1.15 bits per heavy atom. The molecule has 0 bridgehead atoms. The number of rotatable bonds is 5. The lowest BCUT2D eigenvalue weighted by atomic mass is 9.93. The normalized spacial score (nSPS) is 13.5. The summed E-state index contributed by atoms with van der Waals surface area (Å²) >= 11 is 0. The number of allylic oxidation sites excluding steroid dienone is 6. The zero-order valence-electron chi connectivity index (χ0n) is 12.6. The van der Waals surface area contributed by atoms with Gasteiger partial charge in [0.2, 0.25) is 0 Å². The molecule has 20 heavy (non-hydrogen) atoms. The van der Waals surface area contributed by atoms with Gasteiger partial charge >= 0.3 is 5.97 Å². The summed E-state index contributed by atoms with van der Waals surface area (Å²) in [6.07, 6.45) is 7.26. The number of hydrogen-bond donors (Lipinski definition) is 1. The summed E-state index contributed by atoms with van der Waals surface area (Å²) in [5.41, 5.74) is 4.92. The molecule has 0 aliphatic rings. The van der Waals surface area contributed by atoms with E-state index in [0.29, 0.717) is 5.56 Å². The lowest BCUT2D eigenvalue weighted by Gasteiger charge is -2.12. The van der Waals surface area contributed by atoms with Crippen LogP contribution in [0.5, 0.6) is 0 Å². The zero-order chi connectivity index (χ0) is 15.1. The molecular formula is C18H22O2. The molecule has 0 unspecified atom stereocenters. The monoisotopic (exact) mass is 270 g/mol. The summed E-state index contributed by atoms with van der Waals surface area (Å²) in [6.45, 7) is 8.28. The first-order valence-electron chi connectivity index (χ1n) is 6.85. The second-order valence-electron chi connectivity index (χ2n) is 4.74. The maximum atomic E-state index is 10.9. The number of hydrogen-bond acceptors (Lipinski definition) is 1. The van der Waals surface area contributed by atoms with E-state index in [1.807, 2.05) is 25.1 Å². The van der Waals surface area contributed by atoms with Gasteiger partial charge in [0, 0.05) is 0 Å². The molecular weight excluding hydrogens is 248 g/mol. The van der Waals surface area contributed by atoms with E-state index in [0.717, 1.165) is 12.0 Å². The van der Waals surface area contributed by atoms with E-state index in [9.17, 15) is 4.79 Å². The van der Waals surface area contributed by atoms with Gasteiger partial charge in [0.05, 0.1) is 5.56 Å². The minimum Gasteiger partial charge on any atom is -0.478 e. The Morgan fingerprint density at radius 2 is 1.70 bits per heavy atom. The first-order valence-corrected chi connectivity index (χ1v) is 6.85. The summed E-state index contributed by atoms with van der Waals surface area (Å²) in [5, 5.41) is 8.97. The number of carbonyl (C=O) groups is 1. The molecule has 0 heterocycles. The number of aromatic carboxylic acids is 1. The fraction of sp³-hybridized carbons (Fsp3) is 0.278. The van der Waals surface area contributed by atoms with Crippen LogP contribution in [0.3, 0.4) is 0 Å². The third-order valence-corrected chi connectivity index (χ3v) is 3.14. The molecule has 0 atom stereocenters. The second-order valence-corrected chi connectivity index (χ2v) is 4.74. The quantitative estimate of drug-likeness (QED) is 0.756. The molecule has 0 aliphatic carbocycles. The van der Waals surface area contributed by atoms with Gasteiger partial charge in [-0.3, -0.25) is 0 Å². The molecule has 0 radical (unpaired) electrons. The van der Waals surface area contributed by atoms with Crippen LogP contribution < -0.4 is 0 Å². The van der Waals surface area contributed by atoms with Crippen LogP contribution in [-0.2, 0) is 0 Å². The van der Waals surface area contributed by atoms with Crippen LogP contribution in [0, 0.1) is 0 Å². The lowest BCUT2D eigenvalue weighted by molar-refractivity contribution is 0.0697. The minimum absolute atomic E-state index is 0.314. The molecule has 0 fully saturated rings. The van der Waals surface area contributed by atoms with E-state index in [4.69, 9.17) is 5.11 Å². The third-order valence-electron chi connectivity index (χ3n) is 3.14. The maximum Gasteiger partial charge on any atom is 0.335 e.